The van der Waals surface area contributed by atoms with Gasteiger partial charge < -0.3 is 4.90 Å². The zero-order valence-electron chi connectivity index (χ0n) is 14.4. The molecular weight excluding hydrogens is 260 g/mol. The van der Waals surface area contributed by atoms with Crippen molar-refractivity contribution in [3.63, 3.8) is 0 Å². The Morgan fingerprint density at radius 3 is 2.33 bits per heavy atom. The molecule has 1 saturated carbocycles. The van der Waals surface area contributed by atoms with E-state index >= 15 is 0 Å². The highest BCUT2D eigenvalue weighted by atomic mass is 16.2. The Hall–Kier alpha value is -0.570. The van der Waals surface area contributed by atoms with Crippen molar-refractivity contribution in [2.45, 2.75) is 84.8 Å². The highest BCUT2D eigenvalue weighted by Gasteiger charge is 2.43. The number of carbonyl (C=O) groups is 1. The summed E-state index contributed by atoms with van der Waals surface area (Å²) in [7, 11) is 0. The van der Waals surface area contributed by atoms with Gasteiger partial charge in [-0.2, -0.15) is 0 Å². The summed E-state index contributed by atoms with van der Waals surface area (Å²) in [6, 6.07) is 0.0602. The molecule has 1 N–H and O–H groups in total. The van der Waals surface area contributed by atoms with Gasteiger partial charge in [0.2, 0.25) is 5.91 Å². The molecule has 2 unspecified atom stereocenters. The van der Waals surface area contributed by atoms with Gasteiger partial charge in [0, 0.05) is 6.54 Å². The van der Waals surface area contributed by atoms with Gasteiger partial charge in [-0.25, -0.2) is 0 Å². The Morgan fingerprint density at radius 1 is 1.19 bits per heavy atom. The summed E-state index contributed by atoms with van der Waals surface area (Å²) in [6.07, 6.45) is 8.89. The Balaban J connectivity index is 2.08. The second-order valence-corrected chi connectivity index (χ2v) is 7.51. The number of amides is 1. The first-order valence-corrected chi connectivity index (χ1v) is 9.13. The van der Waals surface area contributed by atoms with Gasteiger partial charge in [-0.3, -0.25) is 10.1 Å². The molecule has 2 rings (SSSR count). The van der Waals surface area contributed by atoms with Gasteiger partial charge in [-0.05, 0) is 37.0 Å². The molecule has 1 heterocycles. The standard InChI is InChI=1S/C18H34N2O/c1-5-14(6-2)12-20-17(15-9-7-8-10-15)19-16(18(20)21)11-13(3)4/h13-17,19H,5-12H2,1-4H3. The molecule has 3 heteroatoms. The molecule has 0 radical (unpaired) electrons. The van der Waals surface area contributed by atoms with Gasteiger partial charge in [0.15, 0.2) is 0 Å². The van der Waals surface area contributed by atoms with E-state index in [0.717, 1.165) is 13.0 Å². The summed E-state index contributed by atoms with van der Waals surface area (Å²) in [5, 5.41) is 3.69. The summed E-state index contributed by atoms with van der Waals surface area (Å²) >= 11 is 0. The third-order valence-corrected chi connectivity index (χ3v) is 5.45. The van der Waals surface area contributed by atoms with Crippen molar-refractivity contribution >= 4 is 5.91 Å². The van der Waals surface area contributed by atoms with Crippen LogP contribution < -0.4 is 5.32 Å². The lowest BCUT2D eigenvalue weighted by Gasteiger charge is -2.31. The van der Waals surface area contributed by atoms with Crippen LogP contribution in [0.1, 0.15) is 72.6 Å². The van der Waals surface area contributed by atoms with Crippen LogP contribution in [0.2, 0.25) is 0 Å². The van der Waals surface area contributed by atoms with E-state index in [2.05, 4.69) is 37.9 Å². The predicted molar refractivity (Wildman–Crippen MR) is 87.9 cm³/mol. The Labute approximate surface area is 130 Å². The van der Waals surface area contributed by atoms with Crippen LogP contribution in [0.25, 0.3) is 0 Å². The first-order chi connectivity index (χ1) is 10.1. The fraction of sp³-hybridized carbons (Fsp3) is 0.944. The monoisotopic (exact) mass is 294 g/mol. The summed E-state index contributed by atoms with van der Waals surface area (Å²) in [5.74, 6) is 2.27. The van der Waals surface area contributed by atoms with Crippen molar-refractivity contribution in [3.8, 4) is 0 Å². The number of nitrogens with zero attached hydrogens (tertiary/aromatic N) is 1. The molecular formula is C18H34N2O. The first-order valence-electron chi connectivity index (χ1n) is 9.13. The van der Waals surface area contributed by atoms with E-state index in [1.165, 1.54) is 38.5 Å². The van der Waals surface area contributed by atoms with Gasteiger partial charge in [-0.15, -0.1) is 0 Å². The van der Waals surface area contributed by atoms with Gasteiger partial charge in [0.05, 0.1) is 12.2 Å². The van der Waals surface area contributed by atoms with Crippen LogP contribution in [-0.2, 0) is 4.79 Å². The van der Waals surface area contributed by atoms with E-state index in [4.69, 9.17) is 0 Å². The van der Waals surface area contributed by atoms with E-state index in [1.807, 2.05) is 0 Å². The smallest absolute Gasteiger partial charge is 0.241 e. The maximum absolute atomic E-state index is 12.8. The largest absolute Gasteiger partial charge is 0.325 e. The number of rotatable bonds is 7. The number of nitrogens with one attached hydrogen (secondary N) is 1. The SMILES string of the molecule is CCC(CC)CN1C(=O)C(CC(C)C)NC1C1CCCC1. The minimum Gasteiger partial charge on any atom is -0.325 e. The molecule has 0 bridgehead atoms. The van der Waals surface area contributed by atoms with Crippen LogP contribution in [0.15, 0.2) is 0 Å². The molecule has 0 aromatic heterocycles. The summed E-state index contributed by atoms with van der Waals surface area (Å²) in [6.45, 7) is 9.87. The van der Waals surface area contributed by atoms with Gasteiger partial charge >= 0.3 is 0 Å². The van der Waals surface area contributed by atoms with Crippen molar-refractivity contribution in [3.05, 3.63) is 0 Å². The lowest BCUT2D eigenvalue weighted by molar-refractivity contribution is -0.131. The zero-order valence-corrected chi connectivity index (χ0v) is 14.4. The van der Waals surface area contributed by atoms with E-state index in [-0.39, 0.29) is 6.04 Å². The van der Waals surface area contributed by atoms with Gasteiger partial charge in [-0.1, -0.05) is 53.4 Å². The fourth-order valence-electron chi connectivity index (χ4n) is 4.04. The average molecular weight is 294 g/mol. The zero-order chi connectivity index (χ0) is 15.4. The van der Waals surface area contributed by atoms with Crippen molar-refractivity contribution < 1.29 is 4.79 Å². The summed E-state index contributed by atoms with van der Waals surface area (Å²) < 4.78 is 0. The molecule has 1 aliphatic carbocycles. The lowest BCUT2D eigenvalue weighted by atomic mass is 10.00. The topological polar surface area (TPSA) is 32.3 Å². The molecule has 0 aromatic rings. The van der Waals surface area contributed by atoms with Crippen LogP contribution in [0, 0.1) is 17.8 Å². The second-order valence-electron chi connectivity index (χ2n) is 7.51. The van der Waals surface area contributed by atoms with Crippen LogP contribution in [-0.4, -0.2) is 29.6 Å². The van der Waals surface area contributed by atoms with Gasteiger partial charge in [0.25, 0.3) is 0 Å². The minimum absolute atomic E-state index is 0.0602. The molecule has 0 spiro atoms. The molecule has 2 atom stereocenters. The third kappa shape index (κ3) is 4.00. The molecule has 2 fully saturated rings. The summed E-state index contributed by atoms with van der Waals surface area (Å²) in [4.78, 5) is 15.0. The Morgan fingerprint density at radius 2 is 1.81 bits per heavy atom. The quantitative estimate of drug-likeness (QED) is 0.775. The summed E-state index contributed by atoms with van der Waals surface area (Å²) in [5.41, 5.74) is 0. The highest BCUT2D eigenvalue weighted by molar-refractivity contribution is 5.84. The van der Waals surface area contributed by atoms with Crippen molar-refractivity contribution in [2.24, 2.45) is 17.8 Å². The van der Waals surface area contributed by atoms with Crippen molar-refractivity contribution in [2.75, 3.05) is 6.54 Å². The molecule has 122 valence electrons. The van der Waals surface area contributed by atoms with Crippen molar-refractivity contribution in [1.82, 2.24) is 10.2 Å². The van der Waals surface area contributed by atoms with E-state index in [0.29, 0.717) is 29.8 Å². The van der Waals surface area contributed by atoms with Crippen molar-refractivity contribution in [1.29, 1.82) is 0 Å². The van der Waals surface area contributed by atoms with Crippen LogP contribution in [0.4, 0.5) is 0 Å². The predicted octanol–water partition coefficient (Wildman–Crippen LogP) is 3.79. The normalized spacial score (nSPS) is 27.5. The molecule has 1 aliphatic heterocycles. The maximum Gasteiger partial charge on any atom is 0.241 e. The second kappa shape index (κ2) is 7.62. The number of hydrogen-bond acceptors (Lipinski definition) is 2. The number of hydrogen-bond donors (Lipinski definition) is 1. The van der Waals surface area contributed by atoms with Crippen LogP contribution >= 0.6 is 0 Å². The van der Waals surface area contributed by atoms with Gasteiger partial charge in [0.1, 0.15) is 0 Å². The molecule has 0 aromatic carbocycles. The lowest BCUT2D eigenvalue weighted by Crippen LogP contribution is -2.44. The van der Waals surface area contributed by atoms with Crippen LogP contribution in [0.5, 0.6) is 0 Å². The number of carbonyl (C=O) groups excluding carboxylic acids is 1. The van der Waals surface area contributed by atoms with E-state index in [9.17, 15) is 4.79 Å². The Kier molecular flexibility index (Phi) is 6.09. The molecule has 1 amide bonds. The molecule has 1 saturated heterocycles. The molecule has 2 aliphatic rings. The van der Waals surface area contributed by atoms with E-state index < -0.39 is 0 Å². The first kappa shape index (κ1) is 16.8. The minimum atomic E-state index is 0.0602. The van der Waals surface area contributed by atoms with Crippen LogP contribution in [0.3, 0.4) is 0 Å². The highest BCUT2D eigenvalue weighted by Crippen LogP contribution is 2.33. The maximum atomic E-state index is 12.8. The Bertz CT molecular complexity index is 332. The fourth-order valence-corrected chi connectivity index (χ4v) is 4.04. The van der Waals surface area contributed by atoms with E-state index in [1.54, 1.807) is 0 Å². The molecule has 21 heavy (non-hydrogen) atoms. The average Bonchev–Trinajstić information content (AvgIpc) is 3.06. The molecule has 3 nitrogen and oxygen atoms in total. The third-order valence-electron chi connectivity index (χ3n) is 5.45.